The standard InChI is InChI=1S/C15H25N3/c1-14(2)7-12(8-15(3,4)10-14)18-11-5-6-13(16)17-9-11/h5-6,9,12,18H,7-8,10H2,1-4H3,(H2,16,17). The first kappa shape index (κ1) is 13.2. The van der Waals surface area contributed by atoms with Crippen LogP contribution >= 0.6 is 0 Å². The number of anilines is 2. The summed E-state index contributed by atoms with van der Waals surface area (Å²) in [5.74, 6) is 0.574. The van der Waals surface area contributed by atoms with Crippen molar-refractivity contribution >= 4 is 11.5 Å². The molecule has 0 unspecified atom stereocenters. The third-order valence-corrected chi connectivity index (χ3v) is 3.71. The van der Waals surface area contributed by atoms with Gasteiger partial charge in [0.1, 0.15) is 5.82 Å². The Morgan fingerprint density at radius 2 is 1.78 bits per heavy atom. The Morgan fingerprint density at radius 1 is 1.17 bits per heavy atom. The van der Waals surface area contributed by atoms with Gasteiger partial charge in [0.25, 0.3) is 0 Å². The van der Waals surface area contributed by atoms with Crippen molar-refractivity contribution in [3.63, 3.8) is 0 Å². The minimum absolute atomic E-state index is 0.403. The molecule has 0 aromatic carbocycles. The fourth-order valence-electron chi connectivity index (χ4n) is 3.67. The lowest BCUT2D eigenvalue weighted by Gasteiger charge is -2.45. The van der Waals surface area contributed by atoms with Crippen molar-refractivity contribution in [1.29, 1.82) is 0 Å². The van der Waals surface area contributed by atoms with E-state index in [1.807, 2.05) is 18.3 Å². The molecular weight excluding hydrogens is 222 g/mol. The van der Waals surface area contributed by atoms with E-state index in [0.717, 1.165) is 5.69 Å². The molecule has 0 saturated heterocycles. The molecule has 1 aliphatic rings. The van der Waals surface area contributed by atoms with E-state index in [1.54, 1.807) is 0 Å². The zero-order valence-electron chi connectivity index (χ0n) is 12.0. The Hall–Kier alpha value is -1.25. The molecule has 1 saturated carbocycles. The van der Waals surface area contributed by atoms with Crippen molar-refractivity contribution < 1.29 is 0 Å². The zero-order valence-corrected chi connectivity index (χ0v) is 12.0. The van der Waals surface area contributed by atoms with Crippen LogP contribution in [0.3, 0.4) is 0 Å². The van der Waals surface area contributed by atoms with Crippen LogP contribution in [0.2, 0.25) is 0 Å². The van der Waals surface area contributed by atoms with Crippen LogP contribution in [0.25, 0.3) is 0 Å². The first-order valence-corrected chi connectivity index (χ1v) is 6.74. The lowest BCUT2D eigenvalue weighted by molar-refractivity contribution is 0.105. The summed E-state index contributed by atoms with van der Waals surface area (Å²) >= 11 is 0. The van der Waals surface area contributed by atoms with Crippen molar-refractivity contribution in [3.05, 3.63) is 18.3 Å². The average Bonchev–Trinajstić information content (AvgIpc) is 2.16. The maximum absolute atomic E-state index is 5.61. The highest BCUT2D eigenvalue weighted by Crippen LogP contribution is 2.46. The number of nitrogens with one attached hydrogen (secondary N) is 1. The average molecular weight is 247 g/mol. The number of rotatable bonds is 2. The molecule has 0 bridgehead atoms. The van der Waals surface area contributed by atoms with E-state index < -0.39 is 0 Å². The molecule has 3 nitrogen and oxygen atoms in total. The molecule has 18 heavy (non-hydrogen) atoms. The van der Waals surface area contributed by atoms with Crippen molar-refractivity contribution in [2.24, 2.45) is 10.8 Å². The van der Waals surface area contributed by atoms with Crippen LogP contribution in [-0.2, 0) is 0 Å². The highest BCUT2D eigenvalue weighted by molar-refractivity contribution is 5.46. The van der Waals surface area contributed by atoms with E-state index in [-0.39, 0.29) is 0 Å². The first-order chi connectivity index (χ1) is 8.26. The normalized spacial score (nSPS) is 22.7. The Kier molecular flexibility index (Phi) is 3.26. The molecule has 1 heterocycles. The maximum atomic E-state index is 5.61. The Labute approximate surface area is 110 Å². The predicted molar refractivity (Wildman–Crippen MR) is 77.5 cm³/mol. The predicted octanol–water partition coefficient (Wildman–Crippen LogP) is 3.68. The van der Waals surface area contributed by atoms with Crippen molar-refractivity contribution in [2.75, 3.05) is 11.1 Å². The van der Waals surface area contributed by atoms with Gasteiger partial charge in [-0.05, 0) is 42.2 Å². The number of nitrogen functional groups attached to an aromatic ring is 1. The van der Waals surface area contributed by atoms with Gasteiger partial charge in [0.2, 0.25) is 0 Å². The molecule has 0 spiro atoms. The van der Waals surface area contributed by atoms with Crippen LogP contribution in [0, 0.1) is 10.8 Å². The van der Waals surface area contributed by atoms with E-state index in [4.69, 9.17) is 5.73 Å². The minimum atomic E-state index is 0.403. The van der Waals surface area contributed by atoms with Gasteiger partial charge in [-0.2, -0.15) is 0 Å². The van der Waals surface area contributed by atoms with Gasteiger partial charge in [-0.3, -0.25) is 0 Å². The molecule has 0 amide bonds. The first-order valence-electron chi connectivity index (χ1n) is 6.74. The number of pyridine rings is 1. The smallest absolute Gasteiger partial charge is 0.123 e. The van der Waals surface area contributed by atoms with Gasteiger partial charge >= 0.3 is 0 Å². The van der Waals surface area contributed by atoms with Crippen LogP contribution in [0.1, 0.15) is 47.0 Å². The van der Waals surface area contributed by atoms with E-state index in [0.29, 0.717) is 22.7 Å². The summed E-state index contributed by atoms with van der Waals surface area (Å²) in [4.78, 5) is 4.13. The molecule has 2 rings (SSSR count). The molecule has 1 fully saturated rings. The molecule has 0 radical (unpaired) electrons. The molecule has 3 N–H and O–H groups in total. The third kappa shape index (κ3) is 3.37. The summed E-state index contributed by atoms with van der Waals surface area (Å²) in [5.41, 5.74) is 7.49. The van der Waals surface area contributed by atoms with E-state index in [9.17, 15) is 0 Å². The number of nitrogens with two attached hydrogens (primary N) is 1. The summed E-state index contributed by atoms with van der Waals surface area (Å²) in [6.07, 6.45) is 5.53. The van der Waals surface area contributed by atoms with Gasteiger partial charge in [0.15, 0.2) is 0 Å². The summed E-state index contributed by atoms with van der Waals surface area (Å²) in [7, 11) is 0. The summed E-state index contributed by atoms with van der Waals surface area (Å²) in [6, 6.07) is 4.38. The van der Waals surface area contributed by atoms with Crippen LogP contribution in [-0.4, -0.2) is 11.0 Å². The zero-order chi connectivity index (χ0) is 13.4. The summed E-state index contributed by atoms with van der Waals surface area (Å²) < 4.78 is 0. The van der Waals surface area contributed by atoms with E-state index >= 15 is 0 Å². The Morgan fingerprint density at radius 3 is 2.28 bits per heavy atom. The monoisotopic (exact) mass is 247 g/mol. The molecule has 3 heteroatoms. The molecule has 1 aromatic heterocycles. The van der Waals surface area contributed by atoms with Gasteiger partial charge in [0.05, 0.1) is 11.9 Å². The van der Waals surface area contributed by atoms with Gasteiger partial charge < -0.3 is 11.1 Å². The SMILES string of the molecule is CC1(C)CC(Nc2ccc(N)nc2)CC(C)(C)C1. The number of aromatic nitrogens is 1. The highest BCUT2D eigenvalue weighted by atomic mass is 14.9. The molecular formula is C15H25N3. The summed E-state index contributed by atoms with van der Waals surface area (Å²) in [6.45, 7) is 9.46. The van der Waals surface area contributed by atoms with Gasteiger partial charge in [-0.15, -0.1) is 0 Å². The molecule has 0 aliphatic heterocycles. The number of hydrogen-bond donors (Lipinski definition) is 2. The quantitative estimate of drug-likeness (QED) is 0.838. The van der Waals surface area contributed by atoms with Crippen LogP contribution in [0.4, 0.5) is 11.5 Å². The topological polar surface area (TPSA) is 50.9 Å². The fraction of sp³-hybridized carbons (Fsp3) is 0.667. The van der Waals surface area contributed by atoms with Crippen LogP contribution in [0.15, 0.2) is 18.3 Å². The van der Waals surface area contributed by atoms with Crippen molar-refractivity contribution in [2.45, 2.75) is 53.0 Å². The van der Waals surface area contributed by atoms with Gasteiger partial charge in [0, 0.05) is 6.04 Å². The van der Waals surface area contributed by atoms with Crippen molar-refractivity contribution in [3.8, 4) is 0 Å². The largest absolute Gasteiger partial charge is 0.384 e. The Bertz CT molecular complexity index is 390. The fourth-order valence-corrected chi connectivity index (χ4v) is 3.67. The Balaban J connectivity index is 2.07. The van der Waals surface area contributed by atoms with Crippen LogP contribution < -0.4 is 11.1 Å². The molecule has 1 aliphatic carbocycles. The number of hydrogen-bond acceptors (Lipinski definition) is 3. The molecule has 0 atom stereocenters. The lowest BCUT2D eigenvalue weighted by atomic mass is 9.63. The van der Waals surface area contributed by atoms with E-state index in [2.05, 4.69) is 38.0 Å². The number of nitrogens with zero attached hydrogens (tertiary/aromatic N) is 1. The minimum Gasteiger partial charge on any atom is -0.384 e. The van der Waals surface area contributed by atoms with Gasteiger partial charge in [-0.25, -0.2) is 4.98 Å². The van der Waals surface area contributed by atoms with Gasteiger partial charge in [-0.1, -0.05) is 27.7 Å². The molecule has 1 aromatic rings. The highest BCUT2D eigenvalue weighted by Gasteiger charge is 2.38. The second-order valence-electron chi connectivity index (χ2n) is 7.23. The third-order valence-electron chi connectivity index (χ3n) is 3.71. The second kappa shape index (κ2) is 4.45. The molecule has 100 valence electrons. The van der Waals surface area contributed by atoms with Crippen molar-refractivity contribution in [1.82, 2.24) is 4.98 Å². The summed E-state index contributed by atoms with van der Waals surface area (Å²) in [5, 5.41) is 3.60. The lowest BCUT2D eigenvalue weighted by Crippen LogP contribution is -2.40. The van der Waals surface area contributed by atoms with E-state index in [1.165, 1.54) is 19.3 Å². The van der Waals surface area contributed by atoms with Crippen LogP contribution in [0.5, 0.6) is 0 Å². The second-order valence-corrected chi connectivity index (χ2v) is 7.23. The maximum Gasteiger partial charge on any atom is 0.123 e.